The highest BCUT2D eigenvalue weighted by Crippen LogP contribution is 2.35. The van der Waals surface area contributed by atoms with E-state index in [-0.39, 0.29) is 30.8 Å². The van der Waals surface area contributed by atoms with Crippen molar-refractivity contribution in [3.05, 3.63) is 35.4 Å². The SMILES string of the molecule is O=C(NC1CCC(O)CC1)N(CCO)C1CCc2ccccc21. The Morgan fingerprint density at radius 3 is 2.65 bits per heavy atom. The van der Waals surface area contributed by atoms with Crippen LogP contribution in [0.5, 0.6) is 0 Å². The zero-order valence-corrected chi connectivity index (χ0v) is 13.4. The molecular weight excluding hydrogens is 292 g/mol. The molecule has 2 amide bonds. The van der Waals surface area contributed by atoms with Crippen LogP contribution in [0.15, 0.2) is 24.3 Å². The highest BCUT2D eigenvalue weighted by molar-refractivity contribution is 5.75. The van der Waals surface area contributed by atoms with Crippen LogP contribution in [-0.2, 0) is 6.42 Å². The van der Waals surface area contributed by atoms with Gasteiger partial charge in [-0.2, -0.15) is 0 Å². The monoisotopic (exact) mass is 318 g/mol. The first-order valence-corrected chi connectivity index (χ1v) is 8.63. The summed E-state index contributed by atoms with van der Waals surface area (Å²) in [5.74, 6) is 0. The number of aliphatic hydroxyl groups excluding tert-OH is 2. The number of urea groups is 1. The van der Waals surface area contributed by atoms with Gasteiger partial charge < -0.3 is 20.4 Å². The van der Waals surface area contributed by atoms with Crippen molar-refractivity contribution in [2.75, 3.05) is 13.2 Å². The number of hydrogen-bond donors (Lipinski definition) is 3. The van der Waals surface area contributed by atoms with Crippen molar-refractivity contribution in [2.45, 2.75) is 56.7 Å². The Balaban J connectivity index is 1.68. The second-order valence-corrected chi connectivity index (χ2v) is 6.63. The average Bonchev–Trinajstić information content (AvgIpc) is 2.98. The summed E-state index contributed by atoms with van der Waals surface area (Å²) in [6.45, 7) is 0.315. The zero-order valence-electron chi connectivity index (χ0n) is 13.4. The minimum Gasteiger partial charge on any atom is -0.395 e. The predicted molar refractivity (Wildman–Crippen MR) is 88.1 cm³/mol. The van der Waals surface area contributed by atoms with E-state index in [4.69, 9.17) is 0 Å². The maximum atomic E-state index is 12.7. The molecule has 126 valence electrons. The van der Waals surface area contributed by atoms with Crippen LogP contribution in [-0.4, -0.2) is 46.4 Å². The fourth-order valence-corrected chi connectivity index (χ4v) is 3.84. The topological polar surface area (TPSA) is 72.8 Å². The van der Waals surface area contributed by atoms with Crippen molar-refractivity contribution >= 4 is 6.03 Å². The molecule has 1 saturated carbocycles. The molecule has 3 rings (SSSR count). The molecule has 1 atom stereocenters. The van der Waals surface area contributed by atoms with Gasteiger partial charge in [0.15, 0.2) is 0 Å². The van der Waals surface area contributed by atoms with Gasteiger partial charge in [-0.1, -0.05) is 24.3 Å². The van der Waals surface area contributed by atoms with Gasteiger partial charge in [-0.25, -0.2) is 4.79 Å². The quantitative estimate of drug-likeness (QED) is 0.795. The Bertz CT molecular complexity index is 541. The number of nitrogens with one attached hydrogen (secondary N) is 1. The molecular formula is C18H26N2O3. The smallest absolute Gasteiger partial charge is 0.318 e. The largest absolute Gasteiger partial charge is 0.395 e. The third-order valence-corrected chi connectivity index (χ3v) is 5.10. The van der Waals surface area contributed by atoms with Gasteiger partial charge in [0.25, 0.3) is 0 Å². The normalized spacial score (nSPS) is 26.6. The minimum absolute atomic E-state index is 0.0323. The highest BCUT2D eigenvalue weighted by atomic mass is 16.3. The molecule has 1 fully saturated rings. The summed E-state index contributed by atoms with van der Waals surface area (Å²) in [7, 11) is 0. The van der Waals surface area contributed by atoms with Gasteiger partial charge in [-0.05, 0) is 49.7 Å². The van der Waals surface area contributed by atoms with E-state index < -0.39 is 0 Å². The number of carbonyl (C=O) groups excluding carboxylic acids is 1. The maximum absolute atomic E-state index is 12.7. The molecule has 2 aliphatic carbocycles. The van der Waals surface area contributed by atoms with Crippen LogP contribution in [0.4, 0.5) is 4.79 Å². The van der Waals surface area contributed by atoms with Crippen LogP contribution >= 0.6 is 0 Å². The fraction of sp³-hybridized carbons (Fsp3) is 0.611. The summed E-state index contributed by atoms with van der Waals surface area (Å²) < 4.78 is 0. The van der Waals surface area contributed by atoms with Crippen molar-refractivity contribution in [1.29, 1.82) is 0 Å². The molecule has 2 aliphatic rings. The average molecular weight is 318 g/mol. The Kier molecular flexibility index (Phi) is 5.18. The molecule has 3 N–H and O–H groups in total. The van der Waals surface area contributed by atoms with Crippen LogP contribution in [0.25, 0.3) is 0 Å². The molecule has 0 spiro atoms. The van der Waals surface area contributed by atoms with Crippen molar-refractivity contribution < 1.29 is 15.0 Å². The van der Waals surface area contributed by atoms with E-state index in [2.05, 4.69) is 17.4 Å². The summed E-state index contributed by atoms with van der Waals surface area (Å²) >= 11 is 0. The number of aliphatic hydroxyl groups is 2. The summed E-state index contributed by atoms with van der Waals surface area (Å²) in [6.07, 6.45) is 4.80. The number of nitrogens with zero attached hydrogens (tertiary/aromatic N) is 1. The minimum atomic E-state index is -0.224. The lowest BCUT2D eigenvalue weighted by Gasteiger charge is -2.33. The third-order valence-electron chi connectivity index (χ3n) is 5.10. The second-order valence-electron chi connectivity index (χ2n) is 6.63. The molecule has 23 heavy (non-hydrogen) atoms. The molecule has 0 aromatic heterocycles. The molecule has 0 saturated heterocycles. The van der Waals surface area contributed by atoms with Crippen LogP contribution < -0.4 is 5.32 Å². The lowest BCUT2D eigenvalue weighted by atomic mass is 9.93. The molecule has 5 heteroatoms. The molecule has 1 aromatic carbocycles. The van der Waals surface area contributed by atoms with E-state index in [0.29, 0.717) is 6.54 Å². The Labute approximate surface area is 137 Å². The number of carbonyl (C=O) groups is 1. The molecule has 1 aromatic rings. The number of amides is 2. The predicted octanol–water partition coefficient (Wildman–Crippen LogP) is 1.98. The van der Waals surface area contributed by atoms with Crippen molar-refractivity contribution in [3.8, 4) is 0 Å². The van der Waals surface area contributed by atoms with Gasteiger partial charge in [0, 0.05) is 12.6 Å². The Morgan fingerprint density at radius 2 is 1.91 bits per heavy atom. The first kappa shape index (κ1) is 16.3. The van der Waals surface area contributed by atoms with Gasteiger partial charge in [0.05, 0.1) is 18.8 Å². The highest BCUT2D eigenvalue weighted by Gasteiger charge is 2.32. The summed E-state index contributed by atoms with van der Waals surface area (Å²) in [6, 6.07) is 8.33. The maximum Gasteiger partial charge on any atom is 0.318 e. The van der Waals surface area contributed by atoms with Crippen LogP contribution in [0, 0.1) is 0 Å². The van der Waals surface area contributed by atoms with Gasteiger partial charge in [0.1, 0.15) is 0 Å². The van der Waals surface area contributed by atoms with E-state index in [1.807, 2.05) is 12.1 Å². The molecule has 0 radical (unpaired) electrons. The van der Waals surface area contributed by atoms with E-state index in [9.17, 15) is 15.0 Å². The van der Waals surface area contributed by atoms with E-state index in [1.54, 1.807) is 4.90 Å². The third kappa shape index (κ3) is 3.67. The molecule has 1 unspecified atom stereocenters. The molecule has 0 heterocycles. The zero-order chi connectivity index (χ0) is 16.2. The van der Waals surface area contributed by atoms with Crippen molar-refractivity contribution in [1.82, 2.24) is 10.2 Å². The number of benzene rings is 1. The van der Waals surface area contributed by atoms with Crippen LogP contribution in [0.3, 0.4) is 0 Å². The number of hydrogen-bond acceptors (Lipinski definition) is 3. The van der Waals surface area contributed by atoms with E-state index in [1.165, 1.54) is 11.1 Å². The summed E-state index contributed by atoms with van der Waals surface area (Å²) in [4.78, 5) is 14.5. The standard InChI is InChI=1S/C18H26N2O3/c21-12-11-20(17-10-5-13-3-1-2-4-16(13)17)18(23)19-14-6-8-15(22)9-7-14/h1-4,14-15,17,21-22H,5-12H2,(H,19,23). The van der Waals surface area contributed by atoms with Crippen LogP contribution in [0.2, 0.25) is 0 Å². The summed E-state index contributed by atoms with van der Waals surface area (Å²) in [5.41, 5.74) is 2.50. The fourth-order valence-electron chi connectivity index (χ4n) is 3.84. The van der Waals surface area contributed by atoms with Crippen molar-refractivity contribution in [2.24, 2.45) is 0 Å². The molecule has 5 nitrogen and oxygen atoms in total. The second kappa shape index (κ2) is 7.32. The number of fused-ring (bicyclic) bond motifs is 1. The lowest BCUT2D eigenvalue weighted by molar-refractivity contribution is 0.111. The number of aryl methyl sites for hydroxylation is 1. The van der Waals surface area contributed by atoms with Gasteiger partial charge in [0.2, 0.25) is 0 Å². The Hall–Kier alpha value is -1.59. The first-order valence-electron chi connectivity index (χ1n) is 8.63. The van der Waals surface area contributed by atoms with E-state index in [0.717, 1.165) is 38.5 Å². The first-order chi connectivity index (χ1) is 11.2. The van der Waals surface area contributed by atoms with E-state index >= 15 is 0 Å². The summed E-state index contributed by atoms with van der Waals surface area (Å²) in [5, 5.41) is 22.1. The van der Waals surface area contributed by atoms with Crippen LogP contribution in [0.1, 0.15) is 49.3 Å². The lowest BCUT2D eigenvalue weighted by Crippen LogP contribution is -2.48. The number of rotatable bonds is 4. The van der Waals surface area contributed by atoms with Crippen molar-refractivity contribution in [3.63, 3.8) is 0 Å². The van der Waals surface area contributed by atoms with Gasteiger partial charge in [-0.3, -0.25) is 0 Å². The molecule has 0 bridgehead atoms. The molecule has 0 aliphatic heterocycles. The van der Waals surface area contributed by atoms with Gasteiger partial charge in [-0.15, -0.1) is 0 Å². The Morgan fingerprint density at radius 1 is 1.17 bits per heavy atom. The van der Waals surface area contributed by atoms with Gasteiger partial charge >= 0.3 is 6.03 Å².